The lowest BCUT2D eigenvalue weighted by Crippen LogP contribution is -2.24. The Morgan fingerprint density at radius 2 is 2.50 bits per heavy atom. The van der Waals surface area contributed by atoms with Gasteiger partial charge in [0.2, 0.25) is 11.1 Å². The number of hydrogen-bond acceptors (Lipinski definition) is 4. The van der Waals surface area contributed by atoms with Crippen LogP contribution in [0.15, 0.2) is 5.16 Å². The molecule has 0 aliphatic carbocycles. The number of hydrogen-bond donors (Lipinski definition) is 1. The monoisotopic (exact) mass is 186 g/mol. The molecule has 1 heterocycles. The third-order valence-electron chi connectivity index (χ3n) is 1.20. The van der Waals surface area contributed by atoms with Crippen LogP contribution in [-0.4, -0.2) is 32.7 Å². The first-order chi connectivity index (χ1) is 5.70. The summed E-state index contributed by atoms with van der Waals surface area (Å²) in [5, 5.41) is 13.4. The summed E-state index contributed by atoms with van der Waals surface area (Å²) in [6, 6.07) is 0. The largest absolute Gasteiger partial charge is 0.354 e. The van der Waals surface area contributed by atoms with Gasteiger partial charge in [0.15, 0.2) is 0 Å². The van der Waals surface area contributed by atoms with Crippen molar-refractivity contribution in [3.8, 4) is 0 Å². The third-order valence-corrected chi connectivity index (χ3v) is 1.49. The summed E-state index contributed by atoms with van der Waals surface area (Å²) in [6.45, 7) is 2.45. The van der Waals surface area contributed by atoms with Gasteiger partial charge in [-0.3, -0.25) is 4.79 Å². The lowest BCUT2D eigenvalue weighted by Gasteiger charge is -2.00. The Labute approximate surface area is 74.7 Å². The molecular weight excluding hydrogens is 178 g/mol. The van der Waals surface area contributed by atoms with Crippen molar-refractivity contribution >= 4 is 18.5 Å². The second-order valence-corrected chi connectivity index (χ2v) is 2.53. The molecule has 1 amide bonds. The normalized spacial score (nSPS) is 9.75. The van der Waals surface area contributed by atoms with Crippen LogP contribution >= 0.6 is 12.6 Å². The molecule has 0 spiro atoms. The maximum Gasteiger partial charge on any atom is 0.240 e. The van der Waals surface area contributed by atoms with E-state index in [0.29, 0.717) is 18.2 Å². The van der Waals surface area contributed by atoms with E-state index in [9.17, 15) is 4.79 Å². The molecule has 1 aromatic heterocycles. The summed E-state index contributed by atoms with van der Waals surface area (Å²) in [6.07, 6.45) is 0. The lowest BCUT2D eigenvalue weighted by atomic mass is 10.6. The number of carbonyl (C=O) groups excluding carboxylic acids is 1. The maximum atomic E-state index is 10.5. The van der Waals surface area contributed by atoms with Crippen LogP contribution in [0.3, 0.4) is 0 Å². The highest BCUT2D eigenvalue weighted by atomic mass is 32.1. The minimum atomic E-state index is -0.0750. The quantitative estimate of drug-likeness (QED) is 0.682. The van der Waals surface area contributed by atoms with Crippen LogP contribution in [0.4, 0.5) is 0 Å². The molecule has 1 N–H and O–H groups in total. The number of rotatable bonds is 3. The second kappa shape index (κ2) is 3.96. The first kappa shape index (κ1) is 8.85. The number of nitrogens with one attached hydrogen (secondary N) is 1. The molecule has 65 valence electrons. The molecule has 0 aliphatic heterocycles. The maximum absolute atomic E-state index is 10.5. The average molecular weight is 186 g/mol. The fraction of sp³-hybridized carbons (Fsp3) is 0.600. The van der Waals surface area contributed by atoms with Gasteiger partial charge in [-0.1, -0.05) is 5.10 Å². The molecule has 1 aromatic rings. The SMILES string of the molecule is CC(=O)NCCn1nnnc1[S]. The van der Waals surface area contributed by atoms with Gasteiger partial charge in [0.05, 0.1) is 6.54 Å². The summed E-state index contributed by atoms with van der Waals surface area (Å²) in [5.74, 6) is -0.0750. The minimum absolute atomic E-state index is 0.0750. The van der Waals surface area contributed by atoms with Crippen molar-refractivity contribution in [2.45, 2.75) is 18.6 Å². The molecule has 0 unspecified atom stereocenters. The van der Waals surface area contributed by atoms with Crippen molar-refractivity contribution in [1.29, 1.82) is 0 Å². The lowest BCUT2D eigenvalue weighted by molar-refractivity contribution is -0.119. The molecule has 1 radical (unpaired) electrons. The Kier molecular flexibility index (Phi) is 2.92. The zero-order chi connectivity index (χ0) is 8.97. The van der Waals surface area contributed by atoms with Crippen molar-refractivity contribution in [3.05, 3.63) is 0 Å². The van der Waals surface area contributed by atoms with Crippen LogP contribution in [0.1, 0.15) is 6.92 Å². The Morgan fingerprint density at radius 3 is 3.00 bits per heavy atom. The van der Waals surface area contributed by atoms with E-state index in [4.69, 9.17) is 12.6 Å². The van der Waals surface area contributed by atoms with Crippen molar-refractivity contribution in [2.24, 2.45) is 0 Å². The third kappa shape index (κ3) is 2.42. The van der Waals surface area contributed by atoms with E-state index < -0.39 is 0 Å². The molecule has 0 bridgehead atoms. The average Bonchev–Trinajstić information content (AvgIpc) is 2.36. The van der Waals surface area contributed by atoms with E-state index in [1.807, 2.05) is 0 Å². The van der Waals surface area contributed by atoms with E-state index in [2.05, 4.69) is 20.8 Å². The minimum Gasteiger partial charge on any atom is -0.354 e. The van der Waals surface area contributed by atoms with Crippen LogP contribution in [-0.2, 0) is 11.3 Å². The van der Waals surface area contributed by atoms with E-state index >= 15 is 0 Å². The number of aromatic nitrogens is 4. The second-order valence-electron chi connectivity index (χ2n) is 2.17. The number of nitrogens with zero attached hydrogens (tertiary/aromatic N) is 4. The highest BCUT2D eigenvalue weighted by molar-refractivity contribution is 7.80. The van der Waals surface area contributed by atoms with Gasteiger partial charge in [0.25, 0.3) is 0 Å². The molecule has 7 heteroatoms. The zero-order valence-corrected chi connectivity index (χ0v) is 7.34. The van der Waals surface area contributed by atoms with Crippen molar-refractivity contribution in [1.82, 2.24) is 25.5 Å². The molecule has 0 saturated heterocycles. The predicted octanol–water partition coefficient (Wildman–Crippen LogP) is -0.634. The summed E-state index contributed by atoms with van der Waals surface area (Å²) < 4.78 is 1.45. The number of carbonyl (C=O) groups is 1. The molecule has 0 aromatic carbocycles. The van der Waals surface area contributed by atoms with Crippen LogP contribution in [0.25, 0.3) is 0 Å². The highest BCUT2D eigenvalue weighted by Gasteiger charge is 2.00. The van der Waals surface area contributed by atoms with Gasteiger partial charge >= 0.3 is 0 Å². The zero-order valence-electron chi connectivity index (χ0n) is 6.52. The molecular formula is C5H8N5OS. The van der Waals surface area contributed by atoms with Crippen molar-refractivity contribution in [2.75, 3.05) is 6.54 Å². The van der Waals surface area contributed by atoms with Gasteiger partial charge in [0.1, 0.15) is 0 Å². The molecule has 1 rings (SSSR count). The first-order valence-corrected chi connectivity index (χ1v) is 3.78. The van der Waals surface area contributed by atoms with Gasteiger partial charge < -0.3 is 5.32 Å². The fourth-order valence-electron chi connectivity index (χ4n) is 0.675. The molecule has 0 aliphatic rings. The van der Waals surface area contributed by atoms with E-state index in [1.54, 1.807) is 0 Å². The smallest absolute Gasteiger partial charge is 0.240 e. The van der Waals surface area contributed by atoms with Gasteiger partial charge in [0, 0.05) is 13.5 Å². The Hall–Kier alpha value is -1.24. The summed E-state index contributed by atoms with van der Waals surface area (Å²) in [4.78, 5) is 10.5. The van der Waals surface area contributed by atoms with E-state index in [1.165, 1.54) is 11.6 Å². The first-order valence-electron chi connectivity index (χ1n) is 3.38. The van der Waals surface area contributed by atoms with Crippen LogP contribution in [0, 0.1) is 0 Å². The standard InChI is InChI=1S/C5H8N5OS/c1-4(11)6-2-3-10-5(12)7-8-9-10/h2-3H2,1H3,(H,6,11). The van der Waals surface area contributed by atoms with Gasteiger partial charge in [-0.25, -0.2) is 4.68 Å². The molecule has 12 heavy (non-hydrogen) atoms. The molecule has 6 nitrogen and oxygen atoms in total. The van der Waals surface area contributed by atoms with E-state index in [0.717, 1.165) is 0 Å². The summed E-state index contributed by atoms with van der Waals surface area (Å²) in [5.41, 5.74) is 0. The van der Waals surface area contributed by atoms with Gasteiger partial charge in [-0.2, -0.15) is 0 Å². The van der Waals surface area contributed by atoms with E-state index in [-0.39, 0.29) is 5.91 Å². The van der Waals surface area contributed by atoms with Crippen molar-refractivity contribution in [3.63, 3.8) is 0 Å². The van der Waals surface area contributed by atoms with Crippen molar-refractivity contribution < 1.29 is 4.79 Å². The Bertz CT molecular complexity index is 273. The Morgan fingerprint density at radius 1 is 1.75 bits per heavy atom. The summed E-state index contributed by atoms with van der Waals surface area (Å²) in [7, 11) is 0. The van der Waals surface area contributed by atoms with Crippen LogP contribution < -0.4 is 5.32 Å². The summed E-state index contributed by atoms with van der Waals surface area (Å²) >= 11 is 4.78. The number of amides is 1. The van der Waals surface area contributed by atoms with Gasteiger partial charge in [-0.05, 0) is 23.1 Å². The Balaban J connectivity index is 2.33. The highest BCUT2D eigenvalue weighted by Crippen LogP contribution is 1.95. The molecule has 0 atom stereocenters. The van der Waals surface area contributed by atoms with Crippen LogP contribution in [0.5, 0.6) is 0 Å². The molecule has 0 fully saturated rings. The molecule has 0 saturated carbocycles. The number of tetrazole rings is 1. The fourth-order valence-corrected chi connectivity index (χ4v) is 0.839. The van der Waals surface area contributed by atoms with Gasteiger partial charge in [-0.15, -0.1) is 0 Å². The predicted molar refractivity (Wildman–Crippen MR) is 42.4 cm³/mol. The topological polar surface area (TPSA) is 72.7 Å². The van der Waals surface area contributed by atoms with Crippen LogP contribution in [0.2, 0.25) is 0 Å².